The molecule has 1 aliphatic rings. The van der Waals surface area contributed by atoms with Gasteiger partial charge in [-0.15, -0.1) is 0 Å². The first-order valence-corrected chi connectivity index (χ1v) is 7.78. The summed E-state index contributed by atoms with van der Waals surface area (Å²) in [7, 11) is 1.63. The van der Waals surface area contributed by atoms with Gasteiger partial charge in [0.1, 0.15) is 0 Å². The van der Waals surface area contributed by atoms with Crippen LogP contribution < -0.4 is 16.2 Å². The van der Waals surface area contributed by atoms with Crippen LogP contribution in [-0.4, -0.2) is 36.4 Å². The number of nitrogens with one attached hydrogen (secondary N) is 2. The average Bonchev–Trinajstić information content (AvgIpc) is 2.45. The van der Waals surface area contributed by atoms with E-state index < -0.39 is 0 Å². The lowest BCUT2D eigenvalue weighted by Crippen LogP contribution is -2.47. The standard InChI is InChI=1S/C16H25N3O3/c1-11(2)17-16(21)18-13-5-6-14-12(10-13)4-7-15(20)19(14)8-9-22-3/h4,7,11,13H,5-6,8-10H2,1-3H3,(H2,17,18,21). The van der Waals surface area contributed by atoms with Gasteiger partial charge in [-0.1, -0.05) is 6.07 Å². The zero-order chi connectivity index (χ0) is 16.1. The highest BCUT2D eigenvalue weighted by molar-refractivity contribution is 5.74. The van der Waals surface area contributed by atoms with Crippen LogP contribution in [-0.2, 0) is 24.1 Å². The summed E-state index contributed by atoms with van der Waals surface area (Å²) in [5.41, 5.74) is 2.23. The Hall–Kier alpha value is -1.82. The second-order valence-electron chi connectivity index (χ2n) is 6.00. The Labute approximate surface area is 130 Å². The van der Waals surface area contributed by atoms with Crippen molar-refractivity contribution in [1.29, 1.82) is 0 Å². The molecule has 1 aliphatic carbocycles. The van der Waals surface area contributed by atoms with Crippen LogP contribution in [0.5, 0.6) is 0 Å². The number of carbonyl (C=O) groups excluding carboxylic acids is 1. The van der Waals surface area contributed by atoms with Gasteiger partial charge in [-0.3, -0.25) is 4.79 Å². The second kappa shape index (κ2) is 7.45. The van der Waals surface area contributed by atoms with Crippen molar-refractivity contribution < 1.29 is 9.53 Å². The molecule has 6 nitrogen and oxygen atoms in total. The summed E-state index contributed by atoms with van der Waals surface area (Å²) in [6.07, 6.45) is 2.39. The number of pyridine rings is 1. The number of hydrogen-bond donors (Lipinski definition) is 2. The Bertz CT molecular complexity index is 580. The van der Waals surface area contributed by atoms with Gasteiger partial charge in [-0.05, 0) is 38.7 Å². The summed E-state index contributed by atoms with van der Waals surface area (Å²) >= 11 is 0. The van der Waals surface area contributed by atoms with Crippen molar-refractivity contribution >= 4 is 6.03 Å². The monoisotopic (exact) mass is 307 g/mol. The summed E-state index contributed by atoms with van der Waals surface area (Å²) in [4.78, 5) is 23.8. The van der Waals surface area contributed by atoms with Crippen LogP contribution in [0.15, 0.2) is 16.9 Å². The number of ether oxygens (including phenoxy) is 1. The van der Waals surface area contributed by atoms with E-state index in [1.807, 2.05) is 19.9 Å². The van der Waals surface area contributed by atoms with Crippen LogP contribution in [0.4, 0.5) is 4.79 Å². The second-order valence-corrected chi connectivity index (χ2v) is 6.00. The Morgan fingerprint density at radius 2 is 2.23 bits per heavy atom. The van der Waals surface area contributed by atoms with Crippen LogP contribution in [0.3, 0.4) is 0 Å². The number of carbonyl (C=O) groups is 1. The molecule has 2 amide bonds. The summed E-state index contributed by atoms with van der Waals surface area (Å²) in [5, 5.41) is 5.85. The Kier molecular flexibility index (Phi) is 5.60. The van der Waals surface area contributed by atoms with Crippen molar-refractivity contribution in [3.63, 3.8) is 0 Å². The third-order valence-electron chi connectivity index (χ3n) is 3.86. The number of amides is 2. The summed E-state index contributed by atoms with van der Waals surface area (Å²) in [6, 6.07) is 3.59. The van der Waals surface area contributed by atoms with E-state index in [2.05, 4.69) is 10.6 Å². The Balaban J connectivity index is 2.08. The molecule has 22 heavy (non-hydrogen) atoms. The maximum Gasteiger partial charge on any atom is 0.315 e. The number of rotatable bonds is 5. The summed E-state index contributed by atoms with van der Waals surface area (Å²) < 4.78 is 6.87. The minimum Gasteiger partial charge on any atom is -0.383 e. The summed E-state index contributed by atoms with van der Waals surface area (Å²) in [6.45, 7) is 4.97. The third kappa shape index (κ3) is 4.10. The molecule has 0 saturated heterocycles. The maximum absolute atomic E-state index is 12.0. The first-order valence-electron chi connectivity index (χ1n) is 7.78. The molecule has 0 aromatic carbocycles. The van der Waals surface area contributed by atoms with E-state index >= 15 is 0 Å². The Morgan fingerprint density at radius 1 is 1.45 bits per heavy atom. The van der Waals surface area contributed by atoms with Gasteiger partial charge in [0.2, 0.25) is 0 Å². The van der Waals surface area contributed by atoms with E-state index in [4.69, 9.17) is 4.74 Å². The van der Waals surface area contributed by atoms with E-state index in [9.17, 15) is 9.59 Å². The van der Waals surface area contributed by atoms with Crippen LogP contribution in [0.2, 0.25) is 0 Å². The number of urea groups is 1. The fraction of sp³-hybridized carbons (Fsp3) is 0.625. The van der Waals surface area contributed by atoms with E-state index in [1.54, 1.807) is 17.7 Å². The van der Waals surface area contributed by atoms with Crippen LogP contribution in [0.1, 0.15) is 31.5 Å². The lowest BCUT2D eigenvalue weighted by atomic mass is 9.91. The van der Waals surface area contributed by atoms with Gasteiger partial charge >= 0.3 is 6.03 Å². The average molecular weight is 307 g/mol. The zero-order valence-corrected chi connectivity index (χ0v) is 13.5. The van der Waals surface area contributed by atoms with E-state index in [-0.39, 0.29) is 23.7 Å². The highest BCUT2D eigenvalue weighted by atomic mass is 16.5. The van der Waals surface area contributed by atoms with Gasteiger partial charge in [0.15, 0.2) is 0 Å². The highest BCUT2D eigenvalue weighted by Crippen LogP contribution is 2.20. The molecule has 2 N–H and O–H groups in total. The molecule has 0 aliphatic heterocycles. The van der Waals surface area contributed by atoms with Crippen molar-refractivity contribution in [2.75, 3.05) is 13.7 Å². The largest absolute Gasteiger partial charge is 0.383 e. The SMILES string of the molecule is COCCn1c2c(ccc1=O)CC(NC(=O)NC(C)C)CC2. The van der Waals surface area contributed by atoms with Gasteiger partial charge in [-0.2, -0.15) is 0 Å². The molecule has 0 fully saturated rings. The maximum atomic E-state index is 12.0. The van der Waals surface area contributed by atoms with E-state index in [1.165, 1.54) is 0 Å². The molecular formula is C16H25N3O3. The predicted octanol–water partition coefficient (Wildman–Crippen LogP) is 1.06. The molecule has 1 unspecified atom stereocenters. The lowest BCUT2D eigenvalue weighted by molar-refractivity contribution is 0.184. The Morgan fingerprint density at radius 3 is 2.91 bits per heavy atom. The molecule has 1 aromatic rings. The van der Waals surface area contributed by atoms with Crippen LogP contribution >= 0.6 is 0 Å². The molecule has 0 saturated carbocycles. The number of fused-ring (bicyclic) bond motifs is 1. The molecular weight excluding hydrogens is 282 g/mol. The fourth-order valence-corrected chi connectivity index (χ4v) is 2.86. The van der Waals surface area contributed by atoms with Gasteiger partial charge in [0.05, 0.1) is 6.61 Å². The number of nitrogens with zero attached hydrogens (tertiary/aromatic N) is 1. The van der Waals surface area contributed by atoms with Crippen LogP contribution in [0, 0.1) is 0 Å². The van der Waals surface area contributed by atoms with Crippen molar-refractivity contribution in [2.24, 2.45) is 0 Å². The van der Waals surface area contributed by atoms with Crippen molar-refractivity contribution in [1.82, 2.24) is 15.2 Å². The third-order valence-corrected chi connectivity index (χ3v) is 3.86. The predicted molar refractivity (Wildman–Crippen MR) is 85.2 cm³/mol. The molecule has 1 heterocycles. The number of aromatic nitrogens is 1. The normalized spacial score (nSPS) is 17.2. The lowest BCUT2D eigenvalue weighted by Gasteiger charge is -2.28. The topological polar surface area (TPSA) is 72.4 Å². The van der Waals surface area contributed by atoms with Crippen molar-refractivity contribution in [3.05, 3.63) is 33.7 Å². The van der Waals surface area contributed by atoms with E-state index in [0.717, 1.165) is 30.5 Å². The molecule has 0 bridgehead atoms. The molecule has 122 valence electrons. The van der Waals surface area contributed by atoms with Gasteiger partial charge in [-0.25, -0.2) is 4.79 Å². The van der Waals surface area contributed by atoms with E-state index in [0.29, 0.717) is 13.2 Å². The first kappa shape index (κ1) is 16.5. The number of hydrogen-bond acceptors (Lipinski definition) is 3. The minimum absolute atomic E-state index is 0.0137. The highest BCUT2D eigenvalue weighted by Gasteiger charge is 2.22. The van der Waals surface area contributed by atoms with Crippen molar-refractivity contribution in [3.8, 4) is 0 Å². The smallest absolute Gasteiger partial charge is 0.315 e. The molecule has 0 radical (unpaired) electrons. The van der Waals surface area contributed by atoms with Gasteiger partial charge in [0.25, 0.3) is 5.56 Å². The number of methoxy groups -OCH3 is 1. The molecule has 1 atom stereocenters. The minimum atomic E-state index is -0.129. The quantitative estimate of drug-likeness (QED) is 0.854. The van der Waals surface area contributed by atoms with Gasteiger partial charge < -0.3 is 19.9 Å². The molecule has 2 rings (SSSR count). The first-order chi connectivity index (χ1) is 10.5. The van der Waals surface area contributed by atoms with Crippen molar-refractivity contribution in [2.45, 2.75) is 51.7 Å². The summed E-state index contributed by atoms with van der Waals surface area (Å²) in [5.74, 6) is 0. The fourth-order valence-electron chi connectivity index (χ4n) is 2.86. The van der Waals surface area contributed by atoms with Gasteiger partial charge in [0, 0.05) is 37.5 Å². The zero-order valence-electron chi connectivity index (χ0n) is 13.5. The van der Waals surface area contributed by atoms with Crippen LogP contribution in [0.25, 0.3) is 0 Å². The molecule has 0 spiro atoms. The molecule has 1 aromatic heterocycles. The molecule has 6 heteroatoms.